The normalized spacial score (nSPS) is 19.4. The van der Waals surface area contributed by atoms with Crippen LogP contribution in [0.25, 0.3) is 22.5 Å². The van der Waals surface area contributed by atoms with Gasteiger partial charge in [-0.25, -0.2) is 9.78 Å². The van der Waals surface area contributed by atoms with Crippen LogP contribution in [0, 0.1) is 0 Å². The van der Waals surface area contributed by atoms with E-state index in [0.29, 0.717) is 18.1 Å². The Kier molecular flexibility index (Phi) is 6.47. The van der Waals surface area contributed by atoms with Gasteiger partial charge in [-0.2, -0.15) is 0 Å². The van der Waals surface area contributed by atoms with Crippen LogP contribution in [0.2, 0.25) is 5.02 Å². The lowest BCUT2D eigenvalue weighted by Crippen LogP contribution is -2.58. The molecular formula is C27H30ClN5O3. The highest BCUT2D eigenvalue weighted by Crippen LogP contribution is 2.34. The molecule has 2 aliphatic heterocycles. The van der Waals surface area contributed by atoms with Gasteiger partial charge in [-0.3, -0.25) is 9.78 Å². The quantitative estimate of drug-likeness (QED) is 0.503. The second-order valence-corrected chi connectivity index (χ2v) is 10.8. The summed E-state index contributed by atoms with van der Waals surface area (Å²) < 4.78 is 7.47. The van der Waals surface area contributed by atoms with Crippen LogP contribution in [0.1, 0.15) is 33.6 Å². The lowest BCUT2D eigenvalue weighted by atomic mass is 10.1. The zero-order valence-corrected chi connectivity index (χ0v) is 21.5. The molecule has 5 rings (SSSR count). The summed E-state index contributed by atoms with van der Waals surface area (Å²) in [5.74, 6) is 0.0294. The standard InChI is InChI=1S/C27H30ClN5O3/c1-27(2,3)36-26(35)31-14-21-8-9-22(15-31)33(21)23(34)16-32-17-30-24(18-4-6-20(28)7-5-18)25(32)19-10-12-29-13-11-19/h4-7,10-13,17,21-22H,8-9,14-16H2,1-3H3. The number of carbonyl (C=O) groups excluding carboxylic acids is 2. The Hall–Kier alpha value is -3.39. The summed E-state index contributed by atoms with van der Waals surface area (Å²) in [5, 5.41) is 0.653. The number of carbonyl (C=O) groups is 2. The minimum atomic E-state index is -0.546. The maximum atomic E-state index is 13.6. The molecule has 3 aromatic rings. The maximum absolute atomic E-state index is 13.6. The van der Waals surface area contributed by atoms with E-state index in [1.807, 2.05) is 66.6 Å². The van der Waals surface area contributed by atoms with E-state index in [0.717, 1.165) is 35.4 Å². The first-order valence-corrected chi connectivity index (χ1v) is 12.6. The summed E-state index contributed by atoms with van der Waals surface area (Å²) >= 11 is 6.09. The molecule has 2 amide bonds. The highest BCUT2D eigenvalue weighted by Gasteiger charge is 2.44. The van der Waals surface area contributed by atoms with E-state index in [2.05, 4.69) is 9.97 Å². The molecule has 0 radical (unpaired) electrons. The van der Waals surface area contributed by atoms with Crippen LogP contribution in [-0.4, -0.2) is 67.1 Å². The van der Waals surface area contributed by atoms with Crippen LogP contribution in [-0.2, 0) is 16.1 Å². The Morgan fingerprint density at radius 1 is 1.00 bits per heavy atom. The Balaban J connectivity index is 1.38. The molecule has 2 unspecified atom stereocenters. The van der Waals surface area contributed by atoms with E-state index >= 15 is 0 Å². The van der Waals surface area contributed by atoms with Crippen molar-refractivity contribution in [3.63, 3.8) is 0 Å². The number of aromatic nitrogens is 3. The topological polar surface area (TPSA) is 80.6 Å². The average molecular weight is 508 g/mol. The minimum absolute atomic E-state index is 0.00704. The smallest absolute Gasteiger partial charge is 0.410 e. The number of hydrogen-bond acceptors (Lipinski definition) is 5. The molecule has 2 aliphatic rings. The molecule has 36 heavy (non-hydrogen) atoms. The molecule has 8 nitrogen and oxygen atoms in total. The monoisotopic (exact) mass is 507 g/mol. The van der Waals surface area contributed by atoms with E-state index < -0.39 is 5.60 Å². The van der Waals surface area contributed by atoms with Crippen molar-refractivity contribution in [2.45, 2.75) is 57.8 Å². The van der Waals surface area contributed by atoms with Gasteiger partial charge in [-0.15, -0.1) is 0 Å². The minimum Gasteiger partial charge on any atom is -0.444 e. The van der Waals surface area contributed by atoms with Gasteiger partial charge in [0.25, 0.3) is 0 Å². The molecule has 2 saturated heterocycles. The number of rotatable bonds is 4. The molecule has 4 heterocycles. The lowest BCUT2D eigenvalue weighted by Gasteiger charge is -2.41. The predicted molar refractivity (Wildman–Crippen MR) is 137 cm³/mol. The molecule has 0 N–H and O–H groups in total. The van der Waals surface area contributed by atoms with Gasteiger partial charge in [0.15, 0.2) is 0 Å². The largest absolute Gasteiger partial charge is 0.444 e. The molecule has 1 aromatic carbocycles. The Bertz CT molecular complexity index is 1240. The summed E-state index contributed by atoms with van der Waals surface area (Å²) in [5.41, 5.74) is 2.94. The van der Waals surface area contributed by atoms with Crippen LogP contribution in [0.4, 0.5) is 4.79 Å². The number of amides is 2. The van der Waals surface area contributed by atoms with Crippen molar-refractivity contribution < 1.29 is 14.3 Å². The van der Waals surface area contributed by atoms with Crippen molar-refractivity contribution in [2.24, 2.45) is 0 Å². The molecule has 2 fully saturated rings. The maximum Gasteiger partial charge on any atom is 0.410 e. The average Bonchev–Trinajstić information content (AvgIpc) is 3.36. The number of piperazine rings is 1. The molecule has 0 spiro atoms. The summed E-state index contributed by atoms with van der Waals surface area (Å²) in [4.78, 5) is 38.8. The molecule has 2 aromatic heterocycles. The van der Waals surface area contributed by atoms with Crippen molar-refractivity contribution in [1.82, 2.24) is 24.3 Å². The molecule has 2 atom stereocenters. The Morgan fingerprint density at radius 2 is 1.64 bits per heavy atom. The fourth-order valence-electron chi connectivity index (χ4n) is 5.15. The number of hydrogen-bond donors (Lipinski definition) is 0. The zero-order chi connectivity index (χ0) is 25.4. The summed E-state index contributed by atoms with van der Waals surface area (Å²) in [6.07, 6.45) is 6.64. The van der Waals surface area contributed by atoms with Crippen LogP contribution >= 0.6 is 11.6 Å². The van der Waals surface area contributed by atoms with Crippen LogP contribution in [0.5, 0.6) is 0 Å². The third kappa shape index (κ3) is 4.95. The van der Waals surface area contributed by atoms with Gasteiger partial charge in [0.1, 0.15) is 12.1 Å². The fraction of sp³-hybridized carbons (Fsp3) is 0.407. The molecule has 9 heteroatoms. The third-order valence-corrected chi connectivity index (χ3v) is 6.89. The van der Waals surface area contributed by atoms with E-state index in [1.54, 1.807) is 23.6 Å². The highest BCUT2D eigenvalue weighted by atomic mass is 35.5. The summed E-state index contributed by atoms with van der Waals surface area (Å²) in [7, 11) is 0. The highest BCUT2D eigenvalue weighted by molar-refractivity contribution is 6.30. The number of nitrogens with zero attached hydrogens (tertiary/aromatic N) is 5. The first-order chi connectivity index (χ1) is 17.2. The van der Waals surface area contributed by atoms with Gasteiger partial charge in [-0.1, -0.05) is 23.7 Å². The Labute approximate surface area is 215 Å². The molecule has 0 aliphatic carbocycles. The second-order valence-electron chi connectivity index (χ2n) is 10.4. The number of likely N-dealkylation sites (tertiary alicyclic amines) is 1. The lowest BCUT2D eigenvalue weighted by molar-refractivity contribution is -0.137. The third-order valence-electron chi connectivity index (χ3n) is 6.64. The van der Waals surface area contributed by atoms with Crippen molar-refractivity contribution in [1.29, 1.82) is 0 Å². The number of benzene rings is 1. The van der Waals surface area contributed by atoms with Crippen LogP contribution < -0.4 is 0 Å². The second kappa shape index (κ2) is 9.58. The van der Waals surface area contributed by atoms with Crippen LogP contribution in [0.15, 0.2) is 55.1 Å². The van der Waals surface area contributed by atoms with Crippen molar-refractivity contribution in [2.75, 3.05) is 13.1 Å². The Morgan fingerprint density at radius 3 is 2.25 bits per heavy atom. The van der Waals surface area contributed by atoms with E-state index in [9.17, 15) is 9.59 Å². The van der Waals surface area contributed by atoms with Gasteiger partial charge in [0.2, 0.25) is 5.91 Å². The molecular weight excluding hydrogens is 478 g/mol. The van der Waals surface area contributed by atoms with Gasteiger partial charge in [0, 0.05) is 53.7 Å². The van der Waals surface area contributed by atoms with Gasteiger partial charge >= 0.3 is 6.09 Å². The zero-order valence-electron chi connectivity index (χ0n) is 20.7. The number of imidazole rings is 1. The molecule has 188 valence electrons. The predicted octanol–water partition coefficient (Wildman–Crippen LogP) is 4.88. The molecule has 2 bridgehead atoms. The van der Waals surface area contributed by atoms with Gasteiger partial charge < -0.3 is 19.1 Å². The first-order valence-electron chi connectivity index (χ1n) is 12.2. The van der Waals surface area contributed by atoms with E-state index in [1.165, 1.54) is 0 Å². The fourth-order valence-corrected chi connectivity index (χ4v) is 5.27. The number of fused-ring (bicyclic) bond motifs is 2. The number of ether oxygens (including phenoxy) is 1. The van der Waals surface area contributed by atoms with Crippen molar-refractivity contribution >= 4 is 23.6 Å². The SMILES string of the molecule is CC(C)(C)OC(=O)N1CC2CCC(C1)N2C(=O)Cn1cnc(-c2ccc(Cl)cc2)c1-c1ccncc1. The van der Waals surface area contributed by atoms with E-state index in [4.69, 9.17) is 16.3 Å². The summed E-state index contributed by atoms with van der Waals surface area (Å²) in [6, 6.07) is 11.3. The van der Waals surface area contributed by atoms with Crippen molar-refractivity contribution in [3.05, 3.63) is 60.1 Å². The number of pyridine rings is 1. The summed E-state index contributed by atoms with van der Waals surface area (Å²) in [6.45, 7) is 6.75. The number of halogens is 1. The van der Waals surface area contributed by atoms with Gasteiger partial charge in [0.05, 0.1) is 17.7 Å². The van der Waals surface area contributed by atoms with Gasteiger partial charge in [-0.05, 0) is 57.9 Å². The van der Waals surface area contributed by atoms with E-state index in [-0.39, 0.29) is 30.6 Å². The van der Waals surface area contributed by atoms with Crippen molar-refractivity contribution in [3.8, 4) is 22.5 Å². The molecule has 0 saturated carbocycles. The van der Waals surface area contributed by atoms with Crippen LogP contribution in [0.3, 0.4) is 0 Å². The first kappa shape index (κ1) is 24.3.